The molecule has 2 aliphatic heterocycles. The first kappa shape index (κ1) is 20.6. The fourth-order valence-corrected chi connectivity index (χ4v) is 4.85. The second kappa shape index (κ2) is 7.85. The zero-order chi connectivity index (χ0) is 20.1. The van der Waals surface area contributed by atoms with Gasteiger partial charge < -0.3 is 15.2 Å². The van der Waals surface area contributed by atoms with E-state index in [1.54, 1.807) is 16.6 Å². The average Bonchev–Trinajstić information content (AvgIpc) is 3.13. The van der Waals surface area contributed by atoms with Crippen LogP contribution in [0.3, 0.4) is 0 Å². The zero-order valence-corrected chi connectivity index (χ0v) is 17.8. The Bertz CT molecular complexity index is 1170. The van der Waals surface area contributed by atoms with Gasteiger partial charge in [0.1, 0.15) is 0 Å². The van der Waals surface area contributed by atoms with Crippen molar-refractivity contribution in [3.05, 3.63) is 63.5 Å². The Labute approximate surface area is 180 Å². The second-order valence-corrected chi connectivity index (χ2v) is 8.13. The molecule has 1 saturated heterocycles. The minimum absolute atomic E-state index is 0. The van der Waals surface area contributed by atoms with E-state index in [9.17, 15) is 9.59 Å². The number of halogens is 1. The van der Waals surface area contributed by atoms with Crippen LogP contribution in [0.1, 0.15) is 46.0 Å². The van der Waals surface area contributed by atoms with E-state index in [4.69, 9.17) is 0 Å². The van der Waals surface area contributed by atoms with Crippen molar-refractivity contribution in [3.8, 4) is 0 Å². The smallest absolute Gasteiger partial charge is 0.271 e. The van der Waals surface area contributed by atoms with Crippen LogP contribution in [0.5, 0.6) is 0 Å². The molecule has 1 amide bonds. The Morgan fingerprint density at radius 1 is 1.27 bits per heavy atom. The van der Waals surface area contributed by atoms with E-state index in [1.807, 2.05) is 36.6 Å². The Morgan fingerprint density at radius 3 is 2.93 bits per heavy atom. The maximum atomic E-state index is 12.8. The van der Waals surface area contributed by atoms with E-state index in [0.717, 1.165) is 36.6 Å². The largest absolute Gasteiger partial charge is 0.349 e. The molecule has 2 N–H and O–H groups in total. The van der Waals surface area contributed by atoms with Crippen molar-refractivity contribution in [2.24, 2.45) is 5.92 Å². The highest BCUT2D eigenvalue weighted by atomic mass is 35.5. The van der Waals surface area contributed by atoms with Gasteiger partial charge in [0.25, 0.3) is 11.5 Å². The number of hydrogen-bond donors (Lipinski definition) is 2. The fraction of sp³-hybridized carbons (Fsp3) is 0.429. The van der Waals surface area contributed by atoms with Gasteiger partial charge in [0.15, 0.2) is 11.3 Å². The van der Waals surface area contributed by atoms with E-state index >= 15 is 0 Å². The quantitative estimate of drug-likeness (QED) is 0.661. The number of hydrogen-bond acceptors (Lipinski definition) is 5. The van der Waals surface area contributed by atoms with Crippen molar-refractivity contribution in [2.45, 2.75) is 32.2 Å². The van der Waals surface area contributed by atoms with Crippen molar-refractivity contribution in [3.63, 3.8) is 0 Å². The normalized spacial score (nSPS) is 22.3. The molecule has 0 aliphatic carbocycles. The van der Waals surface area contributed by atoms with Gasteiger partial charge in [0, 0.05) is 54.8 Å². The molecule has 30 heavy (non-hydrogen) atoms. The van der Waals surface area contributed by atoms with Gasteiger partial charge in [-0.15, -0.1) is 12.4 Å². The number of carbonyl (C=O) groups is 1. The number of aromatic nitrogens is 4. The lowest BCUT2D eigenvalue weighted by molar-refractivity contribution is 0.0927. The van der Waals surface area contributed by atoms with Gasteiger partial charge in [-0.1, -0.05) is 6.07 Å². The maximum absolute atomic E-state index is 12.8. The molecule has 9 heteroatoms. The summed E-state index contributed by atoms with van der Waals surface area (Å²) in [5.41, 5.74) is 3.87. The molecular weight excluding hydrogens is 404 g/mol. The number of fused-ring (bicyclic) bond motifs is 5. The number of rotatable bonds is 3. The van der Waals surface area contributed by atoms with Crippen LogP contribution in [0.2, 0.25) is 0 Å². The summed E-state index contributed by atoms with van der Waals surface area (Å²) in [4.78, 5) is 29.9. The molecule has 158 valence electrons. The lowest BCUT2D eigenvalue weighted by atomic mass is 9.79. The molecule has 0 radical (unpaired) electrons. The minimum Gasteiger partial charge on any atom is -0.349 e. The summed E-state index contributed by atoms with van der Waals surface area (Å²) < 4.78 is 3.57. The highest BCUT2D eigenvalue weighted by Crippen LogP contribution is 2.38. The third-order valence-corrected chi connectivity index (χ3v) is 6.14. The SMILES string of the molecule is Cc1cc(C)n2nc(C(=O)NC[C@H]3[C@@H]4CNC[C@@H](C4)c4cccc(=O)n43)cc2n1.Cl. The van der Waals surface area contributed by atoms with E-state index in [2.05, 4.69) is 20.7 Å². The molecule has 3 aromatic rings. The molecule has 3 atom stereocenters. The number of piperidine rings is 1. The standard InChI is InChI=1S/C21H24N6O2.ClH/c1-12-6-13(2)27-19(24-12)8-16(25-27)21(29)23-11-18-15-7-14(9-22-10-15)17-4-3-5-20(28)26(17)18;/h3-6,8,14-15,18,22H,7,9-11H2,1-2H3,(H,23,29);1H/t14-,15+,18+;/m1./s1. The minimum atomic E-state index is -0.246. The number of nitrogens with one attached hydrogen (secondary N) is 2. The van der Waals surface area contributed by atoms with Gasteiger partial charge >= 0.3 is 0 Å². The third-order valence-electron chi connectivity index (χ3n) is 6.14. The molecule has 2 bridgehead atoms. The number of amides is 1. The molecule has 1 fully saturated rings. The van der Waals surface area contributed by atoms with Crippen molar-refractivity contribution in [2.75, 3.05) is 19.6 Å². The molecular formula is C21H25ClN6O2. The Hall–Kier alpha value is -2.71. The van der Waals surface area contributed by atoms with Gasteiger partial charge in [0.05, 0.1) is 6.04 Å². The third kappa shape index (κ3) is 3.40. The van der Waals surface area contributed by atoms with E-state index in [-0.39, 0.29) is 29.9 Å². The average molecular weight is 429 g/mol. The van der Waals surface area contributed by atoms with Crippen molar-refractivity contribution in [1.82, 2.24) is 29.8 Å². The Morgan fingerprint density at radius 2 is 2.10 bits per heavy atom. The van der Waals surface area contributed by atoms with Crippen LogP contribution in [-0.4, -0.2) is 44.7 Å². The number of aryl methyl sites for hydroxylation is 2. The van der Waals surface area contributed by atoms with Gasteiger partial charge in [0.2, 0.25) is 0 Å². The van der Waals surface area contributed by atoms with Crippen molar-refractivity contribution in [1.29, 1.82) is 0 Å². The lowest BCUT2D eigenvalue weighted by Gasteiger charge is -2.43. The summed E-state index contributed by atoms with van der Waals surface area (Å²) in [5, 5.41) is 10.9. The first-order valence-electron chi connectivity index (χ1n) is 10.1. The van der Waals surface area contributed by atoms with E-state index < -0.39 is 0 Å². The zero-order valence-electron chi connectivity index (χ0n) is 17.0. The fourth-order valence-electron chi connectivity index (χ4n) is 4.85. The molecule has 5 heterocycles. The first-order chi connectivity index (χ1) is 14.0. The van der Waals surface area contributed by atoms with Gasteiger partial charge in [-0.25, -0.2) is 9.50 Å². The summed E-state index contributed by atoms with van der Waals surface area (Å²) >= 11 is 0. The van der Waals surface area contributed by atoms with Crippen LogP contribution >= 0.6 is 12.4 Å². The lowest BCUT2D eigenvalue weighted by Crippen LogP contribution is -2.50. The van der Waals surface area contributed by atoms with E-state index in [0.29, 0.717) is 29.7 Å². The van der Waals surface area contributed by atoms with E-state index in [1.165, 1.54) is 0 Å². The van der Waals surface area contributed by atoms with Gasteiger partial charge in [-0.3, -0.25) is 9.59 Å². The molecule has 0 aromatic carbocycles. The first-order valence-corrected chi connectivity index (χ1v) is 10.1. The Balaban J connectivity index is 0.00000218. The molecule has 2 aliphatic rings. The summed E-state index contributed by atoms with van der Waals surface area (Å²) in [7, 11) is 0. The number of nitrogens with zero attached hydrogens (tertiary/aromatic N) is 4. The molecule has 3 aromatic heterocycles. The summed E-state index contributed by atoms with van der Waals surface area (Å²) in [5.74, 6) is 0.420. The summed E-state index contributed by atoms with van der Waals surface area (Å²) in [6.07, 6.45) is 1.04. The predicted octanol–water partition coefficient (Wildman–Crippen LogP) is 1.61. The monoisotopic (exact) mass is 428 g/mol. The van der Waals surface area contributed by atoms with Crippen molar-refractivity contribution < 1.29 is 4.79 Å². The molecule has 0 spiro atoms. The number of carbonyl (C=O) groups excluding carboxylic acids is 1. The second-order valence-electron chi connectivity index (χ2n) is 8.13. The highest BCUT2D eigenvalue weighted by molar-refractivity contribution is 5.93. The van der Waals surface area contributed by atoms with Crippen LogP contribution in [0.25, 0.3) is 5.65 Å². The molecule has 0 unspecified atom stereocenters. The van der Waals surface area contributed by atoms with Crippen LogP contribution < -0.4 is 16.2 Å². The summed E-state index contributed by atoms with van der Waals surface area (Å²) in [6.45, 7) is 6.01. The van der Waals surface area contributed by atoms with Crippen LogP contribution in [-0.2, 0) is 0 Å². The van der Waals surface area contributed by atoms with Gasteiger partial charge in [-0.2, -0.15) is 5.10 Å². The number of pyridine rings is 1. The Kier molecular flexibility index (Phi) is 5.38. The predicted molar refractivity (Wildman–Crippen MR) is 115 cm³/mol. The van der Waals surface area contributed by atoms with Crippen LogP contribution in [0.15, 0.2) is 35.1 Å². The van der Waals surface area contributed by atoms with Gasteiger partial charge in [-0.05, 0) is 38.3 Å². The highest BCUT2D eigenvalue weighted by Gasteiger charge is 2.37. The van der Waals surface area contributed by atoms with Crippen molar-refractivity contribution >= 4 is 24.0 Å². The maximum Gasteiger partial charge on any atom is 0.271 e. The topological polar surface area (TPSA) is 93.3 Å². The van der Waals surface area contributed by atoms with Crippen LogP contribution in [0.4, 0.5) is 0 Å². The molecule has 5 rings (SSSR count). The van der Waals surface area contributed by atoms with Crippen LogP contribution in [0, 0.1) is 19.8 Å². The molecule has 0 saturated carbocycles. The molecule has 8 nitrogen and oxygen atoms in total. The summed E-state index contributed by atoms with van der Waals surface area (Å²) in [6, 6.07) is 9.03.